The number of hydrogen-bond donors (Lipinski definition) is 1. The van der Waals surface area contributed by atoms with E-state index < -0.39 is 0 Å². The van der Waals surface area contributed by atoms with E-state index in [0.29, 0.717) is 16.8 Å². The van der Waals surface area contributed by atoms with Crippen molar-refractivity contribution in [1.29, 1.82) is 0 Å². The molecular formula is C16H15Cl2NO. The molecule has 0 heterocycles. The summed E-state index contributed by atoms with van der Waals surface area (Å²) in [5, 5.41) is 4.84. The summed E-state index contributed by atoms with van der Waals surface area (Å²) in [6, 6.07) is 13.7. The van der Waals surface area contributed by atoms with Crippen molar-refractivity contribution in [2.24, 2.45) is 0 Å². The van der Waals surface area contributed by atoms with Crippen LogP contribution in [-0.2, 0) is 6.54 Å². The first-order valence-corrected chi connectivity index (χ1v) is 7.42. The van der Waals surface area contributed by atoms with Gasteiger partial charge >= 0.3 is 0 Å². The molecule has 0 radical (unpaired) electrons. The molecule has 0 amide bonds. The third kappa shape index (κ3) is 3.45. The number of halogens is 2. The van der Waals surface area contributed by atoms with Crippen molar-refractivity contribution in [3.8, 4) is 11.5 Å². The van der Waals surface area contributed by atoms with Crippen LogP contribution in [0.2, 0.25) is 10.0 Å². The zero-order valence-electron chi connectivity index (χ0n) is 10.9. The molecule has 1 aliphatic rings. The van der Waals surface area contributed by atoms with Gasteiger partial charge in [0.1, 0.15) is 11.5 Å². The lowest BCUT2D eigenvalue weighted by Gasteiger charge is -2.13. The fourth-order valence-electron chi connectivity index (χ4n) is 2.00. The smallest absolute Gasteiger partial charge is 0.133 e. The van der Waals surface area contributed by atoms with Crippen LogP contribution in [0, 0.1) is 0 Å². The first-order chi connectivity index (χ1) is 9.72. The number of benzene rings is 2. The van der Waals surface area contributed by atoms with E-state index in [1.54, 1.807) is 6.07 Å². The monoisotopic (exact) mass is 307 g/mol. The van der Waals surface area contributed by atoms with Gasteiger partial charge in [0.25, 0.3) is 0 Å². The Morgan fingerprint density at radius 2 is 1.90 bits per heavy atom. The molecule has 3 rings (SSSR count). The average molecular weight is 308 g/mol. The van der Waals surface area contributed by atoms with Gasteiger partial charge in [-0.1, -0.05) is 35.3 Å². The van der Waals surface area contributed by atoms with Crippen LogP contribution in [-0.4, -0.2) is 6.04 Å². The van der Waals surface area contributed by atoms with E-state index in [1.165, 1.54) is 12.8 Å². The summed E-state index contributed by atoms with van der Waals surface area (Å²) in [5.74, 6) is 1.49. The third-order valence-electron chi connectivity index (χ3n) is 3.24. The van der Waals surface area contributed by atoms with Gasteiger partial charge in [0.2, 0.25) is 0 Å². The quantitative estimate of drug-likeness (QED) is 0.835. The Bertz CT molecular complexity index is 611. The molecule has 1 fully saturated rings. The molecule has 2 nitrogen and oxygen atoms in total. The molecule has 0 spiro atoms. The summed E-state index contributed by atoms with van der Waals surface area (Å²) in [5.41, 5.74) is 0.987. The maximum absolute atomic E-state index is 6.28. The van der Waals surface area contributed by atoms with Crippen LogP contribution in [0.3, 0.4) is 0 Å². The highest BCUT2D eigenvalue weighted by Crippen LogP contribution is 2.32. The van der Waals surface area contributed by atoms with Gasteiger partial charge in [-0.3, -0.25) is 0 Å². The molecule has 1 N–H and O–H groups in total. The van der Waals surface area contributed by atoms with E-state index >= 15 is 0 Å². The summed E-state index contributed by atoms with van der Waals surface area (Å²) in [7, 11) is 0. The maximum Gasteiger partial charge on any atom is 0.133 e. The molecule has 0 saturated heterocycles. The van der Waals surface area contributed by atoms with Gasteiger partial charge in [-0.05, 0) is 43.2 Å². The second-order valence-corrected chi connectivity index (χ2v) is 5.77. The van der Waals surface area contributed by atoms with Gasteiger partial charge < -0.3 is 10.1 Å². The molecule has 2 aromatic carbocycles. The molecule has 20 heavy (non-hydrogen) atoms. The predicted octanol–water partition coefficient (Wildman–Crippen LogP) is 5.04. The molecule has 1 aliphatic carbocycles. The second-order valence-electron chi connectivity index (χ2n) is 4.93. The van der Waals surface area contributed by atoms with E-state index in [0.717, 1.165) is 22.9 Å². The minimum atomic E-state index is 0.630. The SMILES string of the molecule is Clc1cccc(Oc2cccc(Cl)c2CNC2CC2)c1. The van der Waals surface area contributed by atoms with Gasteiger partial charge in [-0.25, -0.2) is 0 Å². The van der Waals surface area contributed by atoms with Crippen molar-refractivity contribution in [3.63, 3.8) is 0 Å². The van der Waals surface area contributed by atoms with Crippen molar-refractivity contribution in [2.75, 3.05) is 0 Å². The predicted molar refractivity (Wildman–Crippen MR) is 82.8 cm³/mol. The van der Waals surface area contributed by atoms with E-state index in [-0.39, 0.29) is 0 Å². The standard InChI is InChI=1S/C16H15Cl2NO/c17-11-3-1-4-13(9-11)20-16-6-2-5-15(18)14(16)10-19-12-7-8-12/h1-6,9,12,19H,7-8,10H2. The third-order valence-corrected chi connectivity index (χ3v) is 3.83. The van der Waals surface area contributed by atoms with Crippen LogP contribution in [0.15, 0.2) is 42.5 Å². The zero-order valence-corrected chi connectivity index (χ0v) is 12.4. The van der Waals surface area contributed by atoms with Crippen LogP contribution in [0.5, 0.6) is 11.5 Å². The van der Waals surface area contributed by atoms with Crippen molar-refractivity contribution in [1.82, 2.24) is 5.32 Å². The summed E-state index contributed by atoms with van der Waals surface area (Å²) in [6.07, 6.45) is 2.49. The summed E-state index contributed by atoms with van der Waals surface area (Å²) >= 11 is 12.3. The fourth-order valence-corrected chi connectivity index (χ4v) is 2.41. The maximum atomic E-state index is 6.28. The average Bonchev–Trinajstić information content (AvgIpc) is 3.22. The minimum absolute atomic E-state index is 0.630. The number of nitrogens with one attached hydrogen (secondary N) is 1. The lowest BCUT2D eigenvalue weighted by atomic mass is 10.2. The summed E-state index contributed by atoms with van der Waals surface area (Å²) < 4.78 is 5.91. The highest BCUT2D eigenvalue weighted by Gasteiger charge is 2.21. The van der Waals surface area contributed by atoms with Gasteiger partial charge in [0.05, 0.1) is 0 Å². The Labute approximate surface area is 128 Å². The summed E-state index contributed by atoms with van der Waals surface area (Å²) in [6.45, 7) is 0.722. The van der Waals surface area contributed by atoms with Crippen LogP contribution in [0.4, 0.5) is 0 Å². The molecule has 1 saturated carbocycles. The fraction of sp³-hybridized carbons (Fsp3) is 0.250. The van der Waals surface area contributed by atoms with Crippen LogP contribution in [0.25, 0.3) is 0 Å². The zero-order chi connectivity index (χ0) is 13.9. The minimum Gasteiger partial charge on any atom is -0.457 e. The van der Waals surface area contributed by atoms with Gasteiger partial charge in [0.15, 0.2) is 0 Å². The van der Waals surface area contributed by atoms with Gasteiger partial charge in [-0.15, -0.1) is 0 Å². The Kier molecular flexibility index (Phi) is 4.16. The number of ether oxygens (including phenoxy) is 1. The normalized spacial score (nSPS) is 14.3. The lowest BCUT2D eigenvalue weighted by Crippen LogP contribution is -2.16. The Morgan fingerprint density at radius 3 is 2.65 bits per heavy atom. The van der Waals surface area contributed by atoms with Gasteiger partial charge in [0, 0.05) is 28.2 Å². The van der Waals surface area contributed by atoms with Crippen LogP contribution >= 0.6 is 23.2 Å². The molecule has 0 bridgehead atoms. The Balaban J connectivity index is 1.82. The lowest BCUT2D eigenvalue weighted by molar-refractivity contribution is 0.472. The number of hydrogen-bond acceptors (Lipinski definition) is 2. The highest BCUT2D eigenvalue weighted by atomic mass is 35.5. The van der Waals surface area contributed by atoms with Crippen molar-refractivity contribution in [3.05, 3.63) is 58.1 Å². The molecule has 2 aromatic rings. The highest BCUT2D eigenvalue weighted by molar-refractivity contribution is 6.31. The van der Waals surface area contributed by atoms with Crippen molar-refractivity contribution < 1.29 is 4.74 Å². The summed E-state index contributed by atoms with van der Waals surface area (Å²) in [4.78, 5) is 0. The molecule has 104 valence electrons. The number of rotatable bonds is 5. The molecule has 0 atom stereocenters. The Hall–Kier alpha value is -1.22. The van der Waals surface area contributed by atoms with E-state index in [4.69, 9.17) is 27.9 Å². The molecular weight excluding hydrogens is 293 g/mol. The largest absolute Gasteiger partial charge is 0.457 e. The van der Waals surface area contributed by atoms with E-state index in [9.17, 15) is 0 Å². The Morgan fingerprint density at radius 1 is 1.10 bits per heavy atom. The van der Waals surface area contributed by atoms with Crippen LogP contribution < -0.4 is 10.1 Å². The van der Waals surface area contributed by atoms with Crippen molar-refractivity contribution >= 4 is 23.2 Å². The molecule has 4 heteroatoms. The van der Waals surface area contributed by atoms with E-state index in [2.05, 4.69) is 5.32 Å². The molecule has 0 aromatic heterocycles. The molecule has 0 unspecified atom stereocenters. The van der Waals surface area contributed by atoms with Gasteiger partial charge in [-0.2, -0.15) is 0 Å². The molecule has 0 aliphatic heterocycles. The second kappa shape index (κ2) is 6.04. The van der Waals surface area contributed by atoms with E-state index in [1.807, 2.05) is 36.4 Å². The topological polar surface area (TPSA) is 21.3 Å². The first-order valence-electron chi connectivity index (χ1n) is 6.66. The van der Waals surface area contributed by atoms with Crippen molar-refractivity contribution in [2.45, 2.75) is 25.4 Å². The first kappa shape index (κ1) is 13.7. The van der Waals surface area contributed by atoms with Crippen LogP contribution in [0.1, 0.15) is 18.4 Å².